The van der Waals surface area contributed by atoms with Crippen molar-refractivity contribution in [3.05, 3.63) is 253 Å². The highest BCUT2D eigenvalue weighted by atomic mass is 15.3. The van der Waals surface area contributed by atoms with Crippen molar-refractivity contribution < 1.29 is 0 Å². The Morgan fingerprint density at radius 2 is 0.423 bits per heavy atom. The number of rotatable bonds is 8. The fraction of sp³-hybridized carbons (Fsp3) is 0.360. The summed E-state index contributed by atoms with van der Waals surface area (Å²) in [5.41, 5.74) is 26.7. The first kappa shape index (κ1) is 64.5. The minimum Gasteiger partial charge on any atom is -0.334 e. The fourth-order valence-corrected chi connectivity index (χ4v) is 24.2. The predicted molar refractivity (Wildman–Crippen MR) is 442 cm³/mol. The van der Waals surface area contributed by atoms with Gasteiger partial charge >= 0.3 is 0 Å². The molecule has 0 spiro atoms. The Bertz CT molecular complexity index is 4750. The van der Waals surface area contributed by atoms with E-state index >= 15 is 0 Å². The number of para-hydroxylation sites is 4. The quantitative estimate of drug-likeness (QED) is 0.141. The van der Waals surface area contributed by atoms with Crippen molar-refractivity contribution >= 4 is 77.8 Å². The van der Waals surface area contributed by atoms with Gasteiger partial charge in [0.1, 0.15) is 0 Å². The van der Waals surface area contributed by atoms with Crippen LogP contribution in [0, 0.1) is 0 Å². The summed E-state index contributed by atoms with van der Waals surface area (Å²) in [6, 6.07) is 92.2. The lowest BCUT2D eigenvalue weighted by atomic mass is 9.66. The second-order valence-corrected chi connectivity index (χ2v) is 35.3. The summed E-state index contributed by atoms with van der Waals surface area (Å²) >= 11 is 0. The lowest BCUT2D eigenvalue weighted by Gasteiger charge is -2.46. The minimum absolute atomic E-state index is 0.0645. The summed E-state index contributed by atoms with van der Waals surface area (Å²) in [6.45, 7) is 21.0. The van der Waals surface area contributed by atoms with E-state index in [4.69, 9.17) is 0 Å². The summed E-state index contributed by atoms with van der Waals surface area (Å²) in [6.07, 6.45) is 24.4. The standard InChI is InChI=1S/C100H102N4/c1-93-53-25-13-29-57-97(93,5)101(71-33-17-9-18-34-71)87-49-41-67(61-83(87)93)79-65-80(68-42-50-88-84(62-68)94(2)54-26-14-30-58-98(94,6)102(88)72-35-19-10-20-36-72)76-47-48-78-82(70-44-52-90-86(64-70)96(4)56-28-16-32-60-100(96,8)104(90)74-39-23-12-24-40-74)66-81(77-46-45-75(79)91(76)92(77)78)69-43-51-89-85(63-69)95(3)55-27-15-31-59-99(95,7)103(89)73-37-21-11-22-38-73/h9-12,17-24,33-52,61-66H,13-16,25-32,53-60H2,1-8H3. The van der Waals surface area contributed by atoms with Crippen LogP contribution in [0.15, 0.2) is 231 Å². The molecule has 4 aliphatic carbocycles. The predicted octanol–water partition coefficient (Wildman–Crippen LogP) is 27.8. The molecule has 0 amide bonds. The SMILES string of the molecule is CC12CCCCCC1(C)N(c1ccccc1)c1ccc(-c3cc(-c4ccc5c(c4)C4(C)CCCCCC4(C)N5c4ccccc4)c4ccc5c(-c6ccc7c(c6)C6(C)CCCCCC6(C)N7c6ccccc6)cc(-c6ccc7c(c6)C6(C)CCCCCC6(C)N7c6ccccc6)c6ccc3c4c65)cc12. The average molecular weight is 1360 g/mol. The first-order chi connectivity index (χ1) is 50.5. The maximum Gasteiger partial charge on any atom is 0.0517 e. The number of nitrogens with zero attached hydrogens (tertiary/aromatic N) is 4. The van der Waals surface area contributed by atoms with E-state index in [9.17, 15) is 0 Å². The molecule has 522 valence electrons. The summed E-state index contributed by atoms with van der Waals surface area (Å²) in [7, 11) is 0. The normalized spacial score (nSPS) is 28.4. The maximum absolute atomic E-state index is 2.77. The van der Waals surface area contributed by atoms with Gasteiger partial charge in [0.05, 0.1) is 22.2 Å². The summed E-state index contributed by atoms with van der Waals surface area (Å²) < 4.78 is 0. The topological polar surface area (TPSA) is 13.0 Å². The van der Waals surface area contributed by atoms with Crippen LogP contribution < -0.4 is 19.6 Å². The lowest BCUT2D eigenvalue weighted by molar-refractivity contribution is 0.261. The van der Waals surface area contributed by atoms with Crippen molar-refractivity contribution in [3.63, 3.8) is 0 Å². The Kier molecular flexibility index (Phi) is 14.4. The van der Waals surface area contributed by atoms with Crippen LogP contribution in [-0.4, -0.2) is 22.2 Å². The first-order valence-electron chi connectivity index (χ1n) is 40.3. The molecule has 0 saturated heterocycles. The summed E-state index contributed by atoms with van der Waals surface area (Å²) in [5.74, 6) is 0. The van der Waals surface area contributed by atoms with Crippen LogP contribution >= 0.6 is 0 Å². The molecule has 12 aromatic carbocycles. The molecular weight excluding hydrogens is 1260 g/mol. The third-order valence-corrected chi connectivity index (χ3v) is 30.6. The van der Waals surface area contributed by atoms with E-state index in [0.717, 1.165) is 25.7 Å². The molecule has 8 aliphatic rings. The zero-order valence-electron chi connectivity index (χ0n) is 62.9. The maximum atomic E-state index is 2.77. The van der Waals surface area contributed by atoms with Gasteiger partial charge in [-0.05, 0) is 287 Å². The molecule has 0 radical (unpaired) electrons. The highest BCUT2D eigenvalue weighted by Crippen LogP contribution is 2.66. The van der Waals surface area contributed by atoms with Crippen molar-refractivity contribution in [2.24, 2.45) is 0 Å². The fourth-order valence-electron chi connectivity index (χ4n) is 24.2. The lowest BCUT2D eigenvalue weighted by Crippen LogP contribution is -2.52. The zero-order chi connectivity index (χ0) is 70.3. The molecule has 8 atom stereocenters. The van der Waals surface area contributed by atoms with E-state index < -0.39 is 0 Å². The molecule has 4 nitrogen and oxygen atoms in total. The molecule has 4 heteroatoms. The molecule has 0 aromatic heterocycles. The van der Waals surface area contributed by atoms with E-state index in [1.165, 1.54) is 247 Å². The number of fused-ring (bicyclic) bond motifs is 12. The van der Waals surface area contributed by atoms with Crippen molar-refractivity contribution in [2.45, 2.75) is 228 Å². The molecule has 4 aliphatic heterocycles. The van der Waals surface area contributed by atoms with Gasteiger partial charge in [-0.15, -0.1) is 0 Å². The van der Waals surface area contributed by atoms with E-state index in [2.05, 4.69) is 306 Å². The van der Waals surface area contributed by atoms with Crippen LogP contribution in [-0.2, 0) is 21.7 Å². The molecule has 4 heterocycles. The largest absolute Gasteiger partial charge is 0.334 e. The molecule has 104 heavy (non-hydrogen) atoms. The Balaban J connectivity index is 0.879. The van der Waals surface area contributed by atoms with Crippen molar-refractivity contribution in [1.29, 1.82) is 0 Å². The first-order valence-corrected chi connectivity index (χ1v) is 40.3. The van der Waals surface area contributed by atoms with Gasteiger partial charge < -0.3 is 19.6 Å². The Labute approximate surface area is 618 Å². The molecule has 8 unspecified atom stereocenters. The second kappa shape index (κ2) is 23.2. The van der Waals surface area contributed by atoms with Crippen LogP contribution in [0.25, 0.3) is 76.8 Å². The highest BCUT2D eigenvalue weighted by molar-refractivity contribution is 6.32. The van der Waals surface area contributed by atoms with E-state index in [1.54, 1.807) is 0 Å². The van der Waals surface area contributed by atoms with Crippen LogP contribution in [0.5, 0.6) is 0 Å². The molecule has 12 aromatic rings. The minimum atomic E-state index is -0.0830. The zero-order valence-corrected chi connectivity index (χ0v) is 62.9. The monoisotopic (exact) mass is 1360 g/mol. The number of benzene rings is 12. The van der Waals surface area contributed by atoms with Gasteiger partial charge in [0.25, 0.3) is 0 Å². The highest BCUT2D eigenvalue weighted by Gasteiger charge is 2.61. The number of hydrogen-bond acceptors (Lipinski definition) is 4. The van der Waals surface area contributed by atoms with Gasteiger partial charge in [0.15, 0.2) is 0 Å². The Morgan fingerprint density at radius 1 is 0.212 bits per heavy atom. The van der Waals surface area contributed by atoms with Gasteiger partial charge in [-0.3, -0.25) is 0 Å². The molecule has 20 rings (SSSR count). The van der Waals surface area contributed by atoms with Crippen molar-refractivity contribution in [1.82, 2.24) is 0 Å². The van der Waals surface area contributed by atoms with Crippen LogP contribution in [0.1, 0.15) is 206 Å². The smallest absolute Gasteiger partial charge is 0.0517 e. The van der Waals surface area contributed by atoms with E-state index in [1.807, 2.05) is 0 Å². The van der Waals surface area contributed by atoms with Crippen LogP contribution in [0.3, 0.4) is 0 Å². The Hall–Kier alpha value is -9.12. The molecule has 4 fully saturated rings. The third kappa shape index (κ3) is 8.66. The summed E-state index contributed by atoms with van der Waals surface area (Å²) in [4.78, 5) is 11.1. The summed E-state index contributed by atoms with van der Waals surface area (Å²) in [5, 5.41) is 8.09. The van der Waals surface area contributed by atoms with E-state index in [-0.39, 0.29) is 43.8 Å². The van der Waals surface area contributed by atoms with Gasteiger partial charge in [-0.2, -0.15) is 0 Å². The molecular formula is C100H102N4. The van der Waals surface area contributed by atoms with E-state index in [0.29, 0.717) is 0 Å². The molecule has 0 bridgehead atoms. The number of anilines is 8. The van der Waals surface area contributed by atoms with Gasteiger partial charge in [-0.25, -0.2) is 0 Å². The van der Waals surface area contributed by atoms with Gasteiger partial charge in [0, 0.05) is 67.2 Å². The van der Waals surface area contributed by atoms with Crippen LogP contribution in [0.4, 0.5) is 45.5 Å². The molecule has 4 saturated carbocycles. The van der Waals surface area contributed by atoms with Gasteiger partial charge in [0.2, 0.25) is 0 Å². The van der Waals surface area contributed by atoms with Gasteiger partial charge in [-0.1, -0.05) is 226 Å². The second-order valence-electron chi connectivity index (χ2n) is 35.3. The van der Waals surface area contributed by atoms with Crippen molar-refractivity contribution in [3.8, 4) is 44.5 Å². The number of hydrogen-bond donors (Lipinski definition) is 0. The third-order valence-electron chi connectivity index (χ3n) is 30.6. The van der Waals surface area contributed by atoms with Crippen LogP contribution in [0.2, 0.25) is 0 Å². The van der Waals surface area contributed by atoms with Crippen molar-refractivity contribution in [2.75, 3.05) is 19.6 Å². The average Bonchev–Trinajstić information content (AvgIpc) is 1.23. The Morgan fingerprint density at radius 3 is 0.644 bits per heavy atom. The molecule has 0 N–H and O–H groups in total.